The standard InChI is InChI=1S/C16H24N2O2S/c1-12(2)18-16(15(19)20)8-3-4-13(16)7-11-21-14-5-9-17-10-6-14/h5-6,9-10,12-13,18H,3-4,7-8,11H2,1-2H3,(H,19,20). The molecule has 1 aromatic rings. The van der Waals surface area contributed by atoms with Gasteiger partial charge in [0.05, 0.1) is 0 Å². The molecule has 0 amide bonds. The first-order valence-electron chi connectivity index (χ1n) is 7.58. The second-order valence-electron chi connectivity index (χ2n) is 5.98. The number of carbonyl (C=O) groups is 1. The topological polar surface area (TPSA) is 62.2 Å². The SMILES string of the molecule is CC(C)NC1(C(=O)O)CCCC1CCSc1ccncc1. The highest BCUT2D eigenvalue weighted by molar-refractivity contribution is 7.99. The van der Waals surface area contributed by atoms with Gasteiger partial charge in [-0.3, -0.25) is 15.1 Å². The molecular formula is C16H24N2O2S. The van der Waals surface area contributed by atoms with Gasteiger partial charge in [0.25, 0.3) is 0 Å². The second-order valence-corrected chi connectivity index (χ2v) is 7.15. The van der Waals surface area contributed by atoms with E-state index in [4.69, 9.17) is 0 Å². The maximum absolute atomic E-state index is 11.8. The maximum atomic E-state index is 11.8. The molecule has 1 aliphatic carbocycles. The molecule has 2 atom stereocenters. The fraction of sp³-hybridized carbons (Fsp3) is 0.625. The van der Waals surface area contributed by atoms with E-state index >= 15 is 0 Å². The van der Waals surface area contributed by atoms with E-state index in [0.29, 0.717) is 0 Å². The molecule has 1 aliphatic rings. The van der Waals surface area contributed by atoms with E-state index in [1.165, 1.54) is 4.90 Å². The molecule has 0 aromatic carbocycles. The number of nitrogens with zero attached hydrogens (tertiary/aromatic N) is 1. The average molecular weight is 308 g/mol. The lowest BCUT2D eigenvalue weighted by atomic mass is 9.84. The molecule has 0 aliphatic heterocycles. The minimum Gasteiger partial charge on any atom is -0.480 e. The summed E-state index contributed by atoms with van der Waals surface area (Å²) in [5.41, 5.74) is -0.729. The van der Waals surface area contributed by atoms with Gasteiger partial charge in [0.15, 0.2) is 0 Å². The molecule has 1 fully saturated rings. The van der Waals surface area contributed by atoms with Gasteiger partial charge < -0.3 is 5.11 Å². The van der Waals surface area contributed by atoms with Crippen LogP contribution in [-0.2, 0) is 4.79 Å². The van der Waals surface area contributed by atoms with Gasteiger partial charge in [-0.05, 0) is 56.9 Å². The van der Waals surface area contributed by atoms with Crippen molar-refractivity contribution >= 4 is 17.7 Å². The van der Waals surface area contributed by atoms with Gasteiger partial charge >= 0.3 is 5.97 Å². The molecule has 0 saturated heterocycles. The monoisotopic (exact) mass is 308 g/mol. The minimum absolute atomic E-state index is 0.189. The zero-order chi connectivity index (χ0) is 15.3. The Balaban J connectivity index is 1.95. The number of carboxylic acid groups (broad SMARTS) is 1. The normalized spacial score (nSPS) is 25.4. The van der Waals surface area contributed by atoms with E-state index in [2.05, 4.69) is 10.3 Å². The molecule has 116 valence electrons. The zero-order valence-corrected chi connectivity index (χ0v) is 13.5. The van der Waals surface area contributed by atoms with Crippen LogP contribution in [-0.4, -0.2) is 33.4 Å². The average Bonchev–Trinajstić information content (AvgIpc) is 2.83. The number of aromatic nitrogens is 1. The lowest BCUT2D eigenvalue weighted by Crippen LogP contribution is -2.57. The Labute approximate surface area is 130 Å². The lowest BCUT2D eigenvalue weighted by Gasteiger charge is -2.34. The summed E-state index contributed by atoms with van der Waals surface area (Å²) in [5, 5.41) is 13.1. The summed E-state index contributed by atoms with van der Waals surface area (Å²) < 4.78 is 0. The molecule has 1 saturated carbocycles. The van der Waals surface area contributed by atoms with Gasteiger partial charge in [-0.1, -0.05) is 6.42 Å². The highest BCUT2D eigenvalue weighted by Gasteiger charge is 2.48. The van der Waals surface area contributed by atoms with Crippen molar-refractivity contribution in [2.24, 2.45) is 5.92 Å². The third-order valence-electron chi connectivity index (χ3n) is 4.13. The number of hydrogen-bond donors (Lipinski definition) is 2. The van der Waals surface area contributed by atoms with Crippen LogP contribution in [0.5, 0.6) is 0 Å². The van der Waals surface area contributed by atoms with Gasteiger partial charge in [0, 0.05) is 23.3 Å². The number of aliphatic carboxylic acids is 1. The highest BCUT2D eigenvalue weighted by Crippen LogP contribution is 2.39. The van der Waals surface area contributed by atoms with Crippen LogP contribution in [0, 0.1) is 5.92 Å². The summed E-state index contributed by atoms with van der Waals surface area (Å²) in [6.07, 6.45) is 7.25. The first-order chi connectivity index (χ1) is 10.0. The third kappa shape index (κ3) is 3.98. The van der Waals surface area contributed by atoms with Crippen LogP contribution in [0.25, 0.3) is 0 Å². The Morgan fingerprint density at radius 2 is 2.24 bits per heavy atom. The van der Waals surface area contributed by atoms with Crippen LogP contribution in [0.1, 0.15) is 39.5 Å². The van der Waals surface area contributed by atoms with E-state index in [0.717, 1.165) is 31.4 Å². The molecule has 2 unspecified atom stereocenters. The van der Waals surface area contributed by atoms with Crippen molar-refractivity contribution in [3.63, 3.8) is 0 Å². The molecule has 1 heterocycles. The molecule has 2 rings (SSSR count). The largest absolute Gasteiger partial charge is 0.480 e. The van der Waals surface area contributed by atoms with Crippen LogP contribution >= 0.6 is 11.8 Å². The third-order valence-corrected chi connectivity index (χ3v) is 5.18. The van der Waals surface area contributed by atoms with E-state index in [1.807, 2.05) is 26.0 Å². The molecular weight excluding hydrogens is 284 g/mol. The fourth-order valence-electron chi connectivity index (χ4n) is 3.27. The van der Waals surface area contributed by atoms with E-state index in [-0.39, 0.29) is 12.0 Å². The molecule has 0 radical (unpaired) electrons. The molecule has 2 N–H and O–H groups in total. The van der Waals surface area contributed by atoms with E-state index in [9.17, 15) is 9.90 Å². The summed E-state index contributed by atoms with van der Waals surface area (Å²) in [6.45, 7) is 4.04. The van der Waals surface area contributed by atoms with Gasteiger partial charge in [0.2, 0.25) is 0 Å². The van der Waals surface area contributed by atoms with Crippen molar-refractivity contribution in [2.45, 2.75) is 56.0 Å². The van der Waals surface area contributed by atoms with Crippen LogP contribution < -0.4 is 5.32 Å². The molecule has 0 spiro atoms. The fourth-order valence-corrected chi connectivity index (χ4v) is 4.22. The van der Waals surface area contributed by atoms with Crippen molar-refractivity contribution in [1.82, 2.24) is 10.3 Å². The van der Waals surface area contributed by atoms with Gasteiger partial charge in [-0.15, -0.1) is 11.8 Å². The first-order valence-corrected chi connectivity index (χ1v) is 8.57. The Kier molecular flexibility index (Phi) is 5.65. The molecule has 21 heavy (non-hydrogen) atoms. The summed E-state index contributed by atoms with van der Waals surface area (Å²) >= 11 is 1.78. The smallest absolute Gasteiger partial charge is 0.324 e. The van der Waals surface area contributed by atoms with Crippen LogP contribution in [0.2, 0.25) is 0 Å². The number of nitrogens with one attached hydrogen (secondary N) is 1. The van der Waals surface area contributed by atoms with Crippen molar-refractivity contribution in [1.29, 1.82) is 0 Å². The summed E-state index contributed by atoms with van der Waals surface area (Å²) in [4.78, 5) is 17.0. The number of pyridine rings is 1. The number of rotatable bonds is 7. The molecule has 5 heteroatoms. The van der Waals surface area contributed by atoms with E-state index in [1.54, 1.807) is 24.2 Å². The Bertz CT molecular complexity index is 467. The molecule has 1 aromatic heterocycles. The highest BCUT2D eigenvalue weighted by atomic mass is 32.2. The first kappa shape index (κ1) is 16.3. The molecule has 0 bridgehead atoms. The minimum atomic E-state index is -0.729. The number of carboxylic acids is 1. The molecule has 4 nitrogen and oxygen atoms in total. The van der Waals surface area contributed by atoms with Crippen molar-refractivity contribution in [2.75, 3.05) is 5.75 Å². The summed E-state index contributed by atoms with van der Waals surface area (Å²) in [6, 6.07) is 4.18. The summed E-state index contributed by atoms with van der Waals surface area (Å²) in [7, 11) is 0. The summed E-state index contributed by atoms with van der Waals surface area (Å²) in [5.74, 6) is 0.475. The predicted molar refractivity (Wildman–Crippen MR) is 85.6 cm³/mol. The Morgan fingerprint density at radius 3 is 2.86 bits per heavy atom. The van der Waals surface area contributed by atoms with Crippen LogP contribution in [0.15, 0.2) is 29.4 Å². The zero-order valence-electron chi connectivity index (χ0n) is 12.7. The van der Waals surface area contributed by atoms with Crippen LogP contribution in [0.4, 0.5) is 0 Å². The lowest BCUT2D eigenvalue weighted by molar-refractivity contribution is -0.147. The van der Waals surface area contributed by atoms with Crippen molar-refractivity contribution in [3.8, 4) is 0 Å². The number of hydrogen-bond acceptors (Lipinski definition) is 4. The quantitative estimate of drug-likeness (QED) is 0.758. The van der Waals surface area contributed by atoms with Gasteiger partial charge in [-0.25, -0.2) is 0 Å². The number of thioether (sulfide) groups is 1. The van der Waals surface area contributed by atoms with E-state index < -0.39 is 11.5 Å². The predicted octanol–water partition coefficient (Wildman–Crippen LogP) is 3.19. The van der Waals surface area contributed by atoms with Crippen LogP contribution in [0.3, 0.4) is 0 Å². The van der Waals surface area contributed by atoms with Gasteiger partial charge in [-0.2, -0.15) is 0 Å². The Morgan fingerprint density at radius 1 is 1.52 bits per heavy atom. The van der Waals surface area contributed by atoms with Gasteiger partial charge in [0.1, 0.15) is 5.54 Å². The second kappa shape index (κ2) is 7.27. The maximum Gasteiger partial charge on any atom is 0.324 e. The van der Waals surface area contributed by atoms with Crippen molar-refractivity contribution < 1.29 is 9.90 Å². The Hall–Kier alpha value is -1.07. The van der Waals surface area contributed by atoms with Crippen molar-refractivity contribution in [3.05, 3.63) is 24.5 Å².